The average Bonchev–Trinajstić information content (AvgIpc) is 2.75. The number of sulfonamides is 1. The number of benzene rings is 3. The van der Waals surface area contributed by atoms with Crippen molar-refractivity contribution in [3.63, 3.8) is 0 Å². The summed E-state index contributed by atoms with van der Waals surface area (Å²) in [5.41, 5.74) is 1.68. The molecule has 32 heavy (non-hydrogen) atoms. The molecule has 0 bridgehead atoms. The molecule has 0 saturated carbocycles. The quantitative estimate of drug-likeness (QED) is 0.349. The number of halogens is 3. The Kier molecular flexibility index (Phi) is 8.52. The molecular formula is C23H21Br2ClN2O3S. The van der Waals surface area contributed by atoms with Crippen LogP contribution in [-0.2, 0) is 21.4 Å². The molecular weight excluding hydrogens is 580 g/mol. The van der Waals surface area contributed by atoms with E-state index in [4.69, 9.17) is 11.6 Å². The Balaban J connectivity index is 1.82. The molecule has 0 spiro atoms. The van der Waals surface area contributed by atoms with Gasteiger partial charge in [0.05, 0.1) is 17.5 Å². The molecule has 3 rings (SSSR count). The largest absolute Gasteiger partial charge is 0.348 e. The van der Waals surface area contributed by atoms with Gasteiger partial charge in [-0.25, -0.2) is 8.42 Å². The Hall–Kier alpha value is -1.71. The second-order valence-corrected chi connectivity index (χ2v) is 11.4. The van der Waals surface area contributed by atoms with Crippen molar-refractivity contribution in [2.24, 2.45) is 0 Å². The molecule has 3 aromatic rings. The van der Waals surface area contributed by atoms with Gasteiger partial charge in [-0.15, -0.1) is 0 Å². The van der Waals surface area contributed by atoms with E-state index in [0.717, 1.165) is 20.1 Å². The first-order valence-corrected chi connectivity index (χ1v) is 13.1. The highest BCUT2D eigenvalue weighted by Gasteiger charge is 2.27. The van der Waals surface area contributed by atoms with E-state index in [1.807, 2.05) is 55.5 Å². The minimum atomic E-state index is -3.93. The van der Waals surface area contributed by atoms with Crippen LogP contribution >= 0.6 is 43.5 Å². The molecule has 9 heteroatoms. The summed E-state index contributed by atoms with van der Waals surface area (Å²) < 4.78 is 29.7. The molecule has 1 atom stereocenters. The van der Waals surface area contributed by atoms with Crippen LogP contribution in [0.2, 0.25) is 5.02 Å². The Morgan fingerprint density at radius 2 is 1.47 bits per heavy atom. The predicted octanol–water partition coefficient (Wildman–Crippen LogP) is 5.93. The second kappa shape index (κ2) is 10.9. The van der Waals surface area contributed by atoms with Crippen molar-refractivity contribution in [2.45, 2.75) is 24.4 Å². The molecule has 1 amide bonds. The second-order valence-electron chi connectivity index (χ2n) is 7.19. The summed E-state index contributed by atoms with van der Waals surface area (Å²) in [6.45, 7) is 1.59. The monoisotopic (exact) mass is 598 g/mol. The highest BCUT2D eigenvalue weighted by Crippen LogP contribution is 2.22. The van der Waals surface area contributed by atoms with Crippen molar-refractivity contribution in [2.75, 3.05) is 6.54 Å². The summed E-state index contributed by atoms with van der Waals surface area (Å²) in [6, 6.07) is 20.5. The molecule has 0 aliphatic heterocycles. The van der Waals surface area contributed by atoms with Crippen LogP contribution in [0.3, 0.4) is 0 Å². The molecule has 0 aromatic heterocycles. The Morgan fingerprint density at radius 1 is 0.938 bits per heavy atom. The van der Waals surface area contributed by atoms with E-state index < -0.39 is 15.9 Å². The van der Waals surface area contributed by atoms with Crippen molar-refractivity contribution < 1.29 is 13.2 Å². The fourth-order valence-corrected chi connectivity index (χ4v) is 5.10. The van der Waals surface area contributed by atoms with Crippen molar-refractivity contribution in [1.29, 1.82) is 0 Å². The van der Waals surface area contributed by atoms with Crippen molar-refractivity contribution >= 4 is 59.4 Å². The van der Waals surface area contributed by atoms with Gasteiger partial charge < -0.3 is 5.32 Å². The predicted molar refractivity (Wildman–Crippen MR) is 134 cm³/mol. The summed E-state index contributed by atoms with van der Waals surface area (Å²) in [5.74, 6) is -0.393. The minimum Gasteiger partial charge on any atom is -0.348 e. The van der Waals surface area contributed by atoms with Crippen molar-refractivity contribution in [3.05, 3.63) is 97.9 Å². The SMILES string of the molecule is CC(NC(=O)CN(Cc1ccc(Br)cc1)S(=O)(=O)c1ccc(Cl)cc1)c1ccc(Br)cc1. The number of nitrogens with one attached hydrogen (secondary N) is 1. The Labute approximate surface area is 210 Å². The Bertz CT molecular complexity index is 1170. The molecule has 0 radical (unpaired) electrons. The molecule has 0 heterocycles. The van der Waals surface area contributed by atoms with E-state index >= 15 is 0 Å². The number of carbonyl (C=O) groups is 1. The molecule has 0 saturated heterocycles. The van der Waals surface area contributed by atoms with Crippen LogP contribution in [0.4, 0.5) is 0 Å². The lowest BCUT2D eigenvalue weighted by molar-refractivity contribution is -0.122. The van der Waals surface area contributed by atoms with Gasteiger partial charge in [-0.2, -0.15) is 4.31 Å². The zero-order valence-corrected chi connectivity index (χ0v) is 21.9. The molecule has 1 N–H and O–H groups in total. The van der Waals surface area contributed by atoms with E-state index in [2.05, 4.69) is 37.2 Å². The van der Waals surface area contributed by atoms with Crippen LogP contribution in [0.25, 0.3) is 0 Å². The van der Waals surface area contributed by atoms with Gasteiger partial charge in [-0.3, -0.25) is 4.79 Å². The van der Waals surface area contributed by atoms with Gasteiger partial charge in [0.2, 0.25) is 15.9 Å². The maximum Gasteiger partial charge on any atom is 0.243 e. The normalized spacial score (nSPS) is 12.5. The summed E-state index contributed by atoms with van der Waals surface area (Å²) >= 11 is 12.7. The van der Waals surface area contributed by atoms with Crippen LogP contribution in [0.5, 0.6) is 0 Å². The van der Waals surface area contributed by atoms with Crippen molar-refractivity contribution in [3.8, 4) is 0 Å². The zero-order chi connectivity index (χ0) is 23.3. The number of nitrogens with zero attached hydrogens (tertiary/aromatic N) is 1. The maximum atomic E-state index is 13.3. The number of rotatable bonds is 8. The Morgan fingerprint density at radius 3 is 2.03 bits per heavy atom. The highest BCUT2D eigenvalue weighted by molar-refractivity contribution is 9.10. The summed E-state index contributed by atoms with van der Waals surface area (Å²) in [4.78, 5) is 12.9. The van der Waals surface area contributed by atoms with Gasteiger partial charge >= 0.3 is 0 Å². The first kappa shape index (κ1) is 24.9. The van der Waals surface area contributed by atoms with Gasteiger partial charge in [-0.05, 0) is 66.6 Å². The fourth-order valence-electron chi connectivity index (χ4n) is 3.06. The fraction of sp³-hybridized carbons (Fsp3) is 0.174. The topological polar surface area (TPSA) is 66.5 Å². The van der Waals surface area contributed by atoms with Crippen LogP contribution in [-0.4, -0.2) is 25.2 Å². The van der Waals surface area contributed by atoms with Gasteiger partial charge in [0.15, 0.2) is 0 Å². The number of carbonyl (C=O) groups excluding carboxylic acids is 1. The van der Waals surface area contributed by atoms with E-state index in [1.54, 1.807) is 0 Å². The molecule has 3 aromatic carbocycles. The molecule has 0 aliphatic rings. The van der Waals surface area contributed by atoms with Gasteiger partial charge in [-0.1, -0.05) is 67.7 Å². The lowest BCUT2D eigenvalue weighted by Gasteiger charge is -2.23. The third kappa shape index (κ3) is 6.65. The summed E-state index contributed by atoms with van der Waals surface area (Å²) in [6.07, 6.45) is 0. The third-order valence-electron chi connectivity index (χ3n) is 4.79. The van der Waals surface area contributed by atoms with Crippen molar-refractivity contribution in [1.82, 2.24) is 9.62 Å². The zero-order valence-electron chi connectivity index (χ0n) is 17.1. The van der Waals surface area contributed by atoms with Crippen LogP contribution in [0.15, 0.2) is 86.6 Å². The van der Waals surface area contributed by atoms with E-state index in [1.165, 1.54) is 28.6 Å². The highest BCUT2D eigenvalue weighted by atomic mass is 79.9. The molecule has 5 nitrogen and oxygen atoms in total. The standard InChI is InChI=1S/C23H21Br2ClN2O3S/c1-16(18-4-8-20(25)9-5-18)27-23(29)15-28(14-17-2-6-19(24)7-3-17)32(30,31)22-12-10-21(26)11-13-22/h2-13,16H,14-15H2,1H3,(H,27,29). The molecule has 1 unspecified atom stereocenters. The first-order valence-electron chi connectivity index (χ1n) is 9.70. The van der Waals surface area contributed by atoms with E-state index in [9.17, 15) is 13.2 Å². The number of hydrogen-bond acceptors (Lipinski definition) is 3. The molecule has 168 valence electrons. The van der Waals surface area contributed by atoms with Crippen LogP contribution in [0.1, 0.15) is 24.1 Å². The summed E-state index contributed by atoms with van der Waals surface area (Å²) in [5, 5.41) is 3.32. The van der Waals surface area contributed by atoms with Gasteiger partial charge in [0, 0.05) is 20.5 Å². The maximum absolute atomic E-state index is 13.3. The lowest BCUT2D eigenvalue weighted by atomic mass is 10.1. The third-order valence-corrected chi connectivity index (χ3v) is 7.91. The van der Waals surface area contributed by atoms with E-state index in [0.29, 0.717) is 5.02 Å². The number of hydrogen-bond donors (Lipinski definition) is 1. The first-order chi connectivity index (χ1) is 15.1. The van der Waals surface area contributed by atoms with Crippen LogP contribution < -0.4 is 5.32 Å². The number of amides is 1. The van der Waals surface area contributed by atoms with Gasteiger partial charge in [0.1, 0.15) is 0 Å². The van der Waals surface area contributed by atoms with Crippen LogP contribution in [0, 0.1) is 0 Å². The molecule has 0 aliphatic carbocycles. The van der Waals surface area contributed by atoms with E-state index in [-0.39, 0.29) is 24.0 Å². The average molecular weight is 601 g/mol. The van der Waals surface area contributed by atoms with Gasteiger partial charge in [0.25, 0.3) is 0 Å². The lowest BCUT2D eigenvalue weighted by Crippen LogP contribution is -2.41. The smallest absolute Gasteiger partial charge is 0.243 e. The minimum absolute atomic E-state index is 0.0539. The molecule has 0 fully saturated rings. The summed E-state index contributed by atoms with van der Waals surface area (Å²) in [7, 11) is -3.93.